The van der Waals surface area contributed by atoms with Crippen LogP contribution in [0.2, 0.25) is 0 Å². The Labute approximate surface area is 254 Å². The van der Waals surface area contributed by atoms with Crippen molar-refractivity contribution in [1.82, 2.24) is 5.32 Å². The van der Waals surface area contributed by atoms with Gasteiger partial charge in [0, 0.05) is 18.8 Å². The lowest BCUT2D eigenvalue weighted by Gasteiger charge is -2.26. The molecule has 2 N–H and O–H groups in total. The van der Waals surface area contributed by atoms with E-state index in [4.69, 9.17) is 4.74 Å². The van der Waals surface area contributed by atoms with Crippen LogP contribution in [0, 0.1) is 5.92 Å². The van der Waals surface area contributed by atoms with Crippen molar-refractivity contribution in [3.05, 3.63) is 102 Å². The minimum atomic E-state index is -0.979. The predicted octanol–water partition coefficient (Wildman–Crippen LogP) is 8.20. The molecule has 6 heteroatoms. The third-order valence-electron chi connectivity index (χ3n) is 6.30. The van der Waals surface area contributed by atoms with Crippen LogP contribution in [0.3, 0.4) is 0 Å². The third-order valence-corrected chi connectivity index (χ3v) is 6.30. The molecule has 0 atom stereocenters. The largest absolute Gasteiger partial charge is 0.489 e. The number of carboxylic acid groups (broad SMARTS) is 1. The number of carbonyl (C=O) groups excluding carboxylic acids is 1. The number of hydrogen-bond acceptors (Lipinski definition) is 4. The number of nitrogens with zero attached hydrogens (tertiary/aromatic N) is 1. The number of unbranched alkanes of at least 4 members (excludes halogenated alkanes) is 1. The lowest BCUT2D eigenvalue weighted by molar-refractivity contribution is -0.119. The minimum absolute atomic E-state index is 0.0824. The van der Waals surface area contributed by atoms with E-state index in [-0.39, 0.29) is 18.0 Å². The third kappa shape index (κ3) is 15.3. The van der Waals surface area contributed by atoms with Crippen LogP contribution in [-0.4, -0.2) is 43.2 Å². The highest BCUT2D eigenvalue weighted by Crippen LogP contribution is 2.25. The normalized spacial score (nSPS) is 12.5. The minimum Gasteiger partial charge on any atom is -0.489 e. The second-order valence-electron chi connectivity index (χ2n) is 10.5. The van der Waals surface area contributed by atoms with E-state index in [1.165, 1.54) is 0 Å². The van der Waals surface area contributed by atoms with Crippen LogP contribution in [-0.2, 0) is 16.0 Å². The first kappa shape index (κ1) is 36.2. The van der Waals surface area contributed by atoms with E-state index in [1.54, 1.807) is 18.2 Å². The Morgan fingerprint density at radius 3 is 2.50 bits per heavy atom. The first-order valence-corrected chi connectivity index (χ1v) is 15.3. The van der Waals surface area contributed by atoms with E-state index < -0.39 is 5.97 Å². The van der Waals surface area contributed by atoms with Gasteiger partial charge in [0.15, 0.2) is 0 Å². The zero-order valence-electron chi connectivity index (χ0n) is 26.4. The molecule has 42 heavy (non-hydrogen) atoms. The van der Waals surface area contributed by atoms with Gasteiger partial charge in [-0.1, -0.05) is 96.2 Å². The van der Waals surface area contributed by atoms with Gasteiger partial charge in [0.05, 0.1) is 12.1 Å². The van der Waals surface area contributed by atoms with Gasteiger partial charge < -0.3 is 20.1 Å². The van der Waals surface area contributed by atoms with Gasteiger partial charge in [0.2, 0.25) is 5.91 Å². The Morgan fingerprint density at radius 1 is 1.07 bits per heavy atom. The zero-order valence-corrected chi connectivity index (χ0v) is 26.4. The molecule has 0 aliphatic heterocycles. The first-order chi connectivity index (χ1) is 20.2. The van der Waals surface area contributed by atoms with Crippen molar-refractivity contribution in [2.24, 2.45) is 5.92 Å². The average Bonchev–Trinajstić information content (AvgIpc) is 2.97. The number of rotatable bonds is 21. The summed E-state index contributed by atoms with van der Waals surface area (Å²) in [6.45, 7) is 15.9. The van der Waals surface area contributed by atoms with Crippen molar-refractivity contribution in [3.63, 3.8) is 0 Å². The Hall–Kier alpha value is -3.80. The molecule has 0 bridgehead atoms. The number of aromatic carboxylic acids is 1. The maximum atomic E-state index is 12.9. The second-order valence-corrected chi connectivity index (χ2v) is 10.5. The summed E-state index contributed by atoms with van der Waals surface area (Å²) in [5.41, 5.74) is 3.15. The fourth-order valence-corrected chi connectivity index (χ4v) is 4.05. The quantitative estimate of drug-likeness (QED) is 0.0876. The molecule has 0 saturated heterocycles. The van der Waals surface area contributed by atoms with E-state index in [9.17, 15) is 14.7 Å². The number of aryl methyl sites for hydroxylation is 1. The molecule has 0 fully saturated rings. The molecule has 0 aliphatic rings. The molecule has 1 aromatic rings. The van der Waals surface area contributed by atoms with Gasteiger partial charge in [-0.05, 0) is 73.4 Å². The molecular formula is C36H52N2O4. The van der Waals surface area contributed by atoms with Gasteiger partial charge >= 0.3 is 5.97 Å². The molecule has 0 unspecified atom stereocenters. The van der Waals surface area contributed by atoms with Gasteiger partial charge in [0.1, 0.15) is 12.4 Å². The van der Waals surface area contributed by atoms with Gasteiger partial charge in [-0.25, -0.2) is 4.79 Å². The smallest absolute Gasteiger partial charge is 0.335 e. The van der Waals surface area contributed by atoms with E-state index in [0.29, 0.717) is 32.0 Å². The Balaban J connectivity index is 3.16. The van der Waals surface area contributed by atoms with Gasteiger partial charge in [0.25, 0.3) is 0 Å². The Morgan fingerprint density at radius 2 is 1.86 bits per heavy atom. The number of carbonyl (C=O) groups is 2. The van der Waals surface area contributed by atoms with E-state index in [2.05, 4.69) is 64.7 Å². The van der Waals surface area contributed by atoms with E-state index in [0.717, 1.165) is 54.7 Å². The summed E-state index contributed by atoms with van der Waals surface area (Å²) < 4.78 is 6.11. The maximum absolute atomic E-state index is 12.9. The van der Waals surface area contributed by atoms with Gasteiger partial charge in [-0.15, -0.1) is 0 Å². The molecule has 0 aliphatic carbocycles. The summed E-state index contributed by atoms with van der Waals surface area (Å²) in [6.07, 6.45) is 23.3. The van der Waals surface area contributed by atoms with Crippen LogP contribution in [0.15, 0.2) is 90.8 Å². The van der Waals surface area contributed by atoms with Crippen LogP contribution in [0.4, 0.5) is 5.69 Å². The van der Waals surface area contributed by atoms with Crippen molar-refractivity contribution in [2.45, 2.75) is 73.1 Å². The highest BCUT2D eigenvalue weighted by molar-refractivity contribution is 5.90. The molecule has 0 aromatic heterocycles. The van der Waals surface area contributed by atoms with Gasteiger partial charge in [-0.3, -0.25) is 4.79 Å². The molecule has 1 rings (SSSR count). The standard InChI is InChI=1S/C36H52N2O4/c1-7-11-18-30(17-10-4)28-42-33(20-13-9-3)21-15-14-16-24-38(27-35(39)37-26-29(5)6)34-25-32(36(40)41)23-22-31(34)19-12-8-2/h7,11,13-14,16-18,20-23,25,29H,1,8-10,12,15,19,24,26-28H2,2-6H3,(H,37,39)(H,40,41)/b16-14+,18-11-,20-13-,30-17+,33-21?. The van der Waals surface area contributed by atoms with Crippen molar-refractivity contribution < 1.29 is 19.4 Å². The molecule has 1 aromatic carbocycles. The number of amides is 1. The summed E-state index contributed by atoms with van der Waals surface area (Å²) in [7, 11) is 0. The summed E-state index contributed by atoms with van der Waals surface area (Å²) >= 11 is 0. The number of nitrogens with one attached hydrogen (secondary N) is 1. The number of allylic oxidation sites excluding steroid dienone is 7. The van der Waals surface area contributed by atoms with Crippen molar-refractivity contribution in [1.29, 1.82) is 0 Å². The highest BCUT2D eigenvalue weighted by Gasteiger charge is 2.17. The molecule has 230 valence electrons. The number of carboxylic acids is 1. The number of hydrogen-bond donors (Lipinski definition) is 2. The molecule has 0 saturated carbocycles. The van der Waals surface area contributed by atoms with Crippen molar-refractivity contribution in [2.75, 3.05) is 31.1 Å². The number of ether oxygens (including phenoxy) is 1. The highest BCUT2D eigenvalue weighted by atomic mass is 16.5. The average molecular weight is 577 g/mol. The van der Waals surface area contributed by atoms with Crippen LogP contribution >= 0.6 is 0 Å². The van der Waals surface area contributed by atoms with Crippen LogP contribution in [0.5, 0.6) is 0 Å². The van der Waals surface area contributed by atoms with Gasteiger partial charge in [-0.2, -0.15) is 0 Å². The molecular weight excluding hydrogens is 524 g/mol. The Bertz CT molecular complexity index is 1130. The summed E-state index contributed by atoms with van der Waals surface area (Å²) in [4.78, 5) is 26.6. The summed E-state index contributed by atoms with van der Waals surface area (Å²) in [5.74, 6) is 0.0828. The maximum Gasteiger partial charge on any atom is 0.335 e. The second kappa shape index (κ2) is 21.9. The lowest BCUT2D eigenvalue weighted by atomic mass is 10.0. The molecule has 0 spiro atoms. The van der Waals surface area contributed by atoms with Crippen molar-refractivity contribution >= 4 is 17.6 Å². The zero-order chi connectivity index (χ0) is 31.2. The van der Waals surface area contributed by atoms with Crippen LogP contribution in [0.1, 0.15) is 82.6 Å². The molecule has 1 amide bonds. The van der Waals surface area contributed by atoms with E-state index in [1.807, 2.05) is 41.3 Å². The fraction of sp³-hybridized carbons (Fsp3) is 0.444. The topological polar surface area (TPSA) is 78.9 Å². The molecule has 0 radical (unpaired) electrons. The monoisotopic (exact) mass is 576 g/mol. The molecule has 0 heterocycles. The van der Waals surface area contributed by atoms with Crippen molar-refractivity contribution in [3.8, 4) is 0 Å². The van der Waals surface area contributed by atoms with E-state index >= 15 is 0 Å². The number of benzene rings is 1. The molecule has 6 nitrogen and oxygen atoms in total. The summed E-state index contributed by atoms with van der Waals surface area (Å²) in [6, 6.07) is 5.23. The fourth-order valence-electron chi connectivity index (χ4n) is 4.05. The Kier molecular flexibility index (Phi) is 18.9. The summed E-state index contributed by atoms with van der Waals surface area (Å²) in [5, 5.41) is 12.6. The SMILES string of the molecule is C=C/C=C\C(=C/CC)COC(=CC/C=C/CN(CC(=O)NCC(C)C)c1cc(C(=O)O)ccc1CCCC)/C=C\CC. The van der Waals surface area contributed by atoms with Crippen LogP contribution in [0.25, 0.3) is 0 Å². The van der Waals surface area contributed by atoms with Crippen LogP contribution < -0.4 is 10.2 Å². The first-order valence-electron chi connectivity index (χ1n) is 15.3. The lowest BCUT2D eigenvalue weighted by Crippen LogP contribution is -2.39. The number of anilines is 1. The predicted molar refractivity (Wildman–Crippen MR) is 177 cm³/mol.